The van der Waals surface area contributed by atoms with Crippen molar-refractivity contribution in [3.05, 3.63) is 78.0 Å². The maximum absolute atomic E-state index is 11.0. The van der Waals surface area contributed by atoms with Crippen LogP contribution < -0.4 is 10.4 Å². The van der Waals surface area contributed by atoms with Gasteiger partial charge in [0.1, 0.15) is 6.10 Å². The highest BCUT2D eigenvalue weighted by Gasteiger charge is 2.50. The summed E-state index contributed by atoms with van der Waals surface area (Å²) >= 11 is 0. The fourth-order valence-electron chi connectivity index (χ4n) is 4.74. The quantitative estimate of drug-likeness (QED) is 0.474. The molecule has 2 aromatic rings. The minimum absolute atomic E-state index is 0.139. The van der Waals surface area contributed by atoms with Crippen LogP contribution in [0.4, 0.5) is 0 Å². The van der Waals surface area contributed by atoms with Crippen molar-refractivity contribution in [2.24, 2.45) is 0 Å². The minimum atomic E-state index is -2.69. The second-order valence-electron chi connectivity index (χ2n) is 10.1. The van der Waals surface area contributed by atoms with Crippen molar-refractivity contribution in [1.82, 2.24) is 0 Å². The minimum Gasteiger partial charge on any atom is -0.404 e. The second-order valence-corrected chi connectivity index (χ2v) is 14.4. The molecule has 1 aliphatic rings. The lowest BCUT2D eigenvalue weighted by atomic mass is 9.85. The second kappa shape index (κ2) is 10.3. The topological polar surface area (TPSA) is 49.7 Å². The van der Waals surface area contributed by atoms with Crippen LogP contribution in [0.5, 0.6) is 0 Å². The van der Waals surface area contributed by atoms with Gasteiger partial charge in [-0.1, -0.05) is 101 Å². The lowest BCUT2D eigenvalue weighted by molar-refractivity contribution is 0.0513. The monoisotopic (exact) mass is 450 g/mol. The summed E-state index contributed by atoms with van der Waals surface area (Å²) in [6, 6.07) is 20.9. The fourth-order valence-corrected chi connectivity index (χ4v) is 9.31. The lowest BCUT2D eigenvalue weighted by Crippen LogP contribution is -2.67. The fraction of sp³-hybridized carbons (Fsp3) is 0.464. The molecule has 3 nitrogen and oxygen atoms in total. The normalized spacial score (nSPS) is 17.3. The summed E-state index contributed by atoms with van der Waals surface area (Å²) in [4.78, 5) is 0. The number of rotatable bonds is 7. The Balaban J connectivity index is 1.91. The van der Waals surface area contributed by atoms with Crippen LogP contribution in [0.25, 0.3) is 0 Å². The molecule has 172 valence electrons. The van der Waals surface area contributed by atoms with Crippen molar-refractivity contribution in [2.45, 2.75) is 76.5 Å². The number of aliphatic hydroxyl groups is 2. The van der Waals surface area contributed by atoms with Gasteiger partial charge >= 0.3 is 0 Å². The van der Waals surface area contributed by atoms with Crippen molar-refractivity contribution in [3.8, 4) is 0 Å². The highest BCUT2D eigenvalue weighted by Crippen LogP contribution is 2.37. The Morgan fingerprint density at radius 3 is 1.97 bits per heavy atom. The van der Waals surface area contributed by atoms with Crippen LogP contribution in [0.1, 0.15) is 59.8 Å². The third-order valence-corrected chi connectivity index (χ3v) is 11.7. The lowest BCUT2D eigenvalue weighted by Gasteiger charge is -2.43. The van der Waals surface area contributed by atoms with Crippen LogP contribution in [0.2, 0.25) is 5.04 Å². The third-order valence-electron chi connectivity index (χ3n) is 6.66. The first-order chi connectivity index (χ1) is 15.2. The first-order valence-electron chi connectivity index (χ1n) is 11.8. The smallest absolute Gasteiger partial charge is 0.261 e. The molecule has 1 saturated carbocycles. The zero-order valence-corrected chi connectivity index (χ0v) is 21.0. The Morgan fingerprint density at radius 1 is 1.00 bits per heavy atom. The molecule has 2 aromatic carbocycles. The van der Waals surface area contributed by atoms with Crippen molar-refractivity contribution in [1.29, 1.82) is 0 Å². The van der Waals surface area contributed by atoms with Gasteiger partial charge in [-0.3, -0.25) is 0 Å². The van der Waals surface area contributed by atoms with Gasteiger partial charge in [0.2, 0.25) is 0 Å². The first-order valence-corrected chi connectivity index (χ1v) is 13.7. The summed E-state index contributed by atoms with van der Waals surface area (Å²) in [5.41, 5.74) is 3.08. The van der Waals surface area contributed by atoms with Gasteiger partial charge in [-0.25, -0.2) is 0 Å². The van der Waals surface area contributed by atoms with Crippen molar-refractivity contribution in [3.63, 3.8) is 0 Å². The van der Waals surface area contributed by atoms with Gasteiger partial charge in [-0.2, -0.15) is 0 Å². The molecule has 0 bridgehead atoms. The summed E-state index contributed by atoms with van der Waals surface area (Å²) in [5.74, 6) is 0. The number of hydrogen-bond acceptors (Lipinski definition) is 3. The van der Waals surface area contributed by atoms with E-state index in [1.54, 1.807) is 6.08 Å². The predicted molar refractivity (Wildman–Crippen MR) is 135 cm³/mol. The molecule has 0 unspecified atom stereocenters. The molecule has 0 aliphatic heterocycles. The van der Waals surface area contributed by atoms with Crippen LogP contribution >= 0.6 is 0 Å². The van der Waals surface area contributed by atoms with Crippen LogP contribution in [0.3, 0.4) is 0 Å². The molecule has 0 heterocycles. The first kappa shape index (κ1) is 24.7. The molecular formula is C28H38O3Si. The van der Waals surface area contributed by atoms with E-state index in [0.717, 1.165) is 25.7 Å². The average Bonchev–Trinajstić information content (AvgIpc) is 2.79. The van der Waals surface area contributed by atoms with E-state index in [9.17, 15) is 10.2 Å². The average molecular weight is 451 g/mol. The van der Waals surface area contributed by atoms with Gasteiger partial charge in [0.05, 0.1) is 12.2 Å². The van der Waals surface area contributed by atoms with Gasteiger partial charge < -0.3 is 14.6 Å². The largest absolute Gasteiger partial charge is 0.404 e. The molecule has 32 heavy (non-hydrogen) atoms. The van der Waals surface area contributed by atoms with E-state index in [4.69, 9.17) is 4.43 Å². The summed E-state index contributed by atoms with van der Waals surface area (Å²) in [7, 11) is -2.69. The van der Waals surface area contributed by atoms with Crippen LogP contribution in [-0.2, 0) is 4.43 Å². The van der Waals surface area contributed by atoms with Crippen molar-refractivity contribution in [2.75, 3.05) is 6.61 Å². The van der Waals surface area contributed by atoms with Gasteiger partial charge in [-0.05, 0) is 46.8 Å². The van der Waals surface area contributed by atoms with Gasteiger partial charge in [-0.15, -0.1) is 5.73 Å². The summed E-state index contributed by atoms with van der Waals surface area (Å²) in [6.07, 6.45) is 5.76. The summed E-state index contributed by atoms with van der Waals surface area (Å²) < 4.78 is 6.82. The number of aliphatic hydroxyl groups excluding tert-OH is 1. The summed E-state index contributed by atoms with van der Waals surface area (Å²) in [6.45, 7) is 8.74. The van der Waals surface area contributed by atoms with E-state index in [1.807, 2.05) is 19.1 Å². The van der Waals surface area contributed by atoms with E-state index in [1.165, 1.54) is 16.8 Å². The third kappa shape index (κ3) is 5.51. The molecular weight excluding hydrogens is 412 g/mol. The van der Waals surface area contributed by atoms with Crippen LogP contribution in [-0.4, -0.2) is 36.8 Å². The molecule has 1 aliphatic carbocycles. The van der Waals surface area contributed by atoms with E-state index in [-0.39, 0.29) is 11.6 Å². The molecule has 0 aromatic heterocycles. The van der Waals surface area contributed by atoms with Crippen LogP contribution in [0.15, 0.2) is 78.0 Å². The van der Waals surface area contributed by atoms with Gasteiger partial charge in [0.25, 0.3) is 8.32 Å². The van der Waals surface area contributed by atoms with Crippen LogP contribution in [0, 0.1) is 0 Å². The van der Waals surface area contributed by atoms with Gasteiger partial charge in [0.15, 0.2) is 0 Å². The Bertz CT molecular complexity index is 879. The maximum Gasteiger partial charge on any atom is 0.261 e. The van der Waals surface area contributed by atoms with E-state index >= 15 is 0 Å². The molecule has 1 atom stereocenters. The molecule has 4 heteroatoms. The predicted octanol–water partition coefficient (Wildman–Crippen LogP) is 4.72. The zero-order chi connectivity index (χ0) is 23.2. The highest BCUT2D eigenvalue weighted by atomic mass is 28.4. The Kier molecular flexibility index (Phi) is 7.97. The molecule has 0 saturated heterocycles. The zero-order valence-electron chi connectivity index (χ0n) is 20.0. The van der Waals surface area contributed by atoms with E-state index in [2.05, 4.69) is 75.0 Å². The molecule has 3 rings (SSSR count). The molecule has 0 radical (unpaired) electrons. The molecule has 2 N–H and O–H groups in total. The molecule has 1 fully saturated rings. The SMILES string of the molecule is CC(=C=CC1(O)CCCCC1)[C@@H](O)CO[Si](c1ccccc1)(c1ccccc1)C(C)(C)C. The van der Waals surface area contributed by atoms with E-state index < -0.39 is 20.0 Å². The summed E-state index contributed by atoms with van der Waals surface area (Å²) in [5, 5.41) is 23.9. The Morgan fingerprint density at radius 2 is 1.50 bits per heavy atom. The maximum atomic E-state index is 11.0. The Labute approximate surface area is 194 Å². The number of benzene rings is 2. The molecule has 0 spiro atoms. The van der Waals surface area contributed by atoms with E-state index in [0.29, 0.717) is 5.57 Å². The van der Waals surface area contributed by atoms with Crippen molar-refractivity contribution < 1.29 is 14.6 Å². The van der Waals surface area contributed by atoms with Gasteiger partial charge in [0, 0.05) is 0 Å². The number of hydrogen-bond donors (Lipinski definition) is 2. The van der Waals surface area contributed by atoms with Crippen molar-refractivity contribution >= 4 is 18.7 Å². The highest BCUT2D eigenvalue weighted by molar-refractivity contribution is 6.99. The Hall–Kier alpha value is -1.94. The molecule has 0 amide bonds. The standard InChI is InChI=1S/C28H38O3Si/c1-23(18-21-28(30)19-12-7-13-20-28)26(29)22-31-32(27(2,3)4,24-14-8-5-9-15-24)25-16-10-6-11-17-25/h5-6,8-11,14-17,21,26,29-30H,7,12-13,19-20,22H2,1-4H3/t18?,26-/m0/s1.